The smallest absolute Gasteiger partial charge is 0.271 e. The van der Waals surface area contributed by atoms with Gasteiger partial charge in [-0.3, -0.25) is 9.59 Å². The maximum absolute atomic E-state index is 12.9. The topological polar surface area (TPSA) is 90.6 Å². The highest BCUT2D eigenvalue weighted by Gasteiger charge is 2.31. The van der Waals surface area contributed by atoms with E-state index >= 15 is 0 Å². The predicted octanol–water partition coefficient (Wildman–Crippen LogP) is 3.17. The Hall–Kier alpha value is -2.68. The molecule has 30 heavy (non-hydrogen) atoms. The molecule has 0 spiro atoms. The van der Waals surface area contributed by atoms with Crippen LogP contribution in [0.3, 0.4) is 0 Å². The molecule has 2 aromatic carbocycles. The van der Waals surface area contributed by atoms with E-state index < -0.39 is 10.0 Å². The normalized spacial score (nSPS) is 15.5. The lowest BCUT2D eigenvalue weighted by Gasteiger charge is -2.33. The van der Waals surface area contributed by atoms with Crippen LogP contribution in [-0.4, -0.2) is 60.5 Å². The fourth-order valence-corrected chi connectivity index (χ4v) is 5.27. The largest absolute Gasteiger partial charge is 0.349 e. The molecule has 156 valence electrons. The van der Waals surface area contributed by atoms with Crippen molar-refractivity contribution in [2.75, 3.05) is 26.2 Å². The van der Waals surface area contributed by atoms with Crippen molar-refractivity contribution in [3.63, 3.8) is 0 Å². The predicted molar refractivity (Wildman–Crippen MR) is 114 cm³/mol. The Morgan fingerprint density at radius 2 is 1.60 bits per heavy atom. The molecule has 0 bridgehead atoms. The second kappa shape index (κ2) is 7.86. The number of carbonyl (C=O) groups excluding carboxylic acids is 2. The fourth-order valence-electron chi connectivity index (χ4n) is 3.56. The summed E-state index contributed by atoms with van der Waals surface area (Å²) in [4.78, 5) is 29.1. The van der Waals surface area contributed by atoms with E-state index in [0.717, 1.165) is 10.9 Å². The van der Waals surface area contributed by atoms with Gasteiger partial charge in [-0.05, 0) is 25.1 Å². The quantitative estimate of drug-likeness (QED) is 0.624. The van der Waals surface area contributed by atoms with E-state index in [1.807, 2.05) is 24.3 Å². The van der Waals surface area contributed by atoms with Gasteiger partial charge in [-0.25, -0.2) is 8.42 Å². The van der Waals surface area contributed by atoms with Gasteiger partial charge in [0.15, 0.2) is 5.78 Å². The maximum Gasteiger partial charge on any atom is 0.271 e. The number of aromatic nitrogens is 1. The van der Waals surface area contributed by atoms with E-state index in [0.29, 0.717) is 16.3 Å². The third-order valence-corrected chi connectivity index (χ3v) is 7.59. The van der Waals surface area contributed by atoms with Gasteiger partial charge in [-0.2, -0.15) is 4.31 Å². The zero-order valence-electron chi connectivity index (χ0n) is 16.3. The van der Waals surface area contributed by atoms with Gasteiger partial charge in [0.05, 0.1) is 9.92 Å². The molecule has 1 aliphatic rings. The number of nitrogens with one attached hydrogen (secondary N) is 1. The zero-order chi connectivity index (χ0) is 21.5. The van der Waals surface area contributed by atoms with Crippen LogP contribution in [0.1, 0.15) is 27.8 Å². The highest BCUT2D eigenvalue weighted by atomic mass is 35.5. The van der Waals surface area contributed by atoms with Crippen LogP contribution in [0.2, 0.25) is 5.02 Å². The molecule has 4 rings (SSSR count). The summed E-state index contributed by atoms with van der Waals surface area (Å²) in [5, 5.41) is 1.15. The Balaban J connectivity index is 1.48. The van der Waals surface area contributed by atoms with Crippen LogP contribution in [0.5, 0.6) is 0 Å². The van der Waals surface area contributed by atoms with Crippen molar-refractivity contribution in [1.29, 1.82) is 0 Å². The first-order valence-electron chi connectivity index (χ1n) is 9.45. The number of rotatable bonds is 4. The monoisotopic (exact) mass is 445 g/mol. The minimum Gasteiger partial charge on any atom is -0.349 e. The fraction of sp³-hybridized carbons (Fsp3) is 0.238. The van der Waals surface area contributed by atoms with Crippen molar-refractivity contribution in [2.24, 2.45) is 0 Å². The van der Waals surface area contributed by atoms with Gasteiger partial charge in [-0.15, -0.1) is 0 Å². The number of nitrogens with zero attached hydrogens (tertiary/aromatic N) is 2. The van der Waals surface area contributed by atoms with Crippen molar-refractivity contribution in [3.8, 4) is 0 Å². The van der Waals surface area contributed by atoms with Gasteiger partial charge in [0.1, 0.15) is 5.69 Å². The molecule has 0 aliphatic carbocycles. The number of amides is 1. The second-order valence-corrected chi connectivity index (χ2v) is 9.45. The zero-order valence-corrected chi connectivity index (χ0v) is 17.8. The molecule has 9 heteroatoms. The van der Waals surface area contributed by atoms with E-state index in [-0.39, 0.29) is 42.8 Å². The number of halogens is 1. The van der Waals surface area contributed by atoms with Crippen LogP contribution in [-0.2, 0) is 10.0 Å². The standard InChI is InChI=1S/C21H20ClN3O4S/c1-14(26)15-6-8-16(9-7-15)30(28,29)25-12-10-24(11-13-25)21(27)20-19(22)17-4-2-3-5-18(17)23-20/h2-9,23H,10-13H2,1H3. The number of para-hydroxylation sites is 1. The Morgan fingerprint density at radius 3 is 2.20 bits per heavy atom. The lowest BCUT2D eigenvalue weighted by Crippen LogP contribution is -2.50. The molecular weight excluding hydrogens is 426 g/mol. The number of piperazine rings is 1. The molecule has 0 saturated carbocycles. The van der Waals surface area contributed by atoms with Crippen LogP contribution >= 0.6 is 11.6 Å². The lowest BCUT2D eigenvalue weighted by molar-refractivity contribution is 0.0693. The molecule has 0 radical (unpaired) electrons. The number of hydrogen-bond acceptors (Lipinski definition) is 4. The molecule has 3 aromatic rings. The number of sulfonamides is 1. The molecular formula is C21H20ClN3O4S. The van der Waals surface area contributed by atoms with E-state index in [1.54, 1.807) is 4.90 Å². The Labute approximate surface area is 179 Å². The van der Waals surface area contributed by atoms with Crippen LogP contribution in [0.4, 0.5) is 0 Å². The summed E-state index contributed by atoms with van der Waals surface area (Å²) in [7, 11) is -3.70. The summed E-state index contributed by atoms with van der Waals surface area (Å²) in [5.74, 6) is -0.374. The second-order valence-electron chi connectivity index (χ2n) is 7.14. The Bertz CT molecular complexity index is 1230. The van der Waals surface area contributed by atoms with Gasteiger partial charge in [0.2, 0.25) is 10.0 Å². The van der Waals surface area contributed by atoms with E-state index in [4.69, 9.17) is 11.6 Å². The van der Waals surface area contributed by atoms with Crippen molar-refractivity contribution in [1.82, 2.24) is 14.2 Å². The minimum absolute atomic E-state index is 0.123. The molecule has 1 fully saturated rings. The molecule has 1 saturated heterocycles. The molecule has 0 atom stereocenters. The molecule has 1 aromatic heterocycles. The van der Waals surface area contributed by atoms with Gasteiger partial charge in [-0.1, -0.05) is 41.9 Å². The first kappa shape index (κ1) is 20.6. The van der Waals surface area contributed by atoms with Crippen molar-refractivity contribution >= 4 is 44.2 Å². The van der Waals surface area contributed by atoms with E-state index in [1.165, 1.54) is 35.5 Å². The summed E-state index contributed by atoms with van der Waals surface area (Å²) < 4.78 is 27.1. The van der Waals surface area contributed by atoms with Gasteiger partial charge < -0.3 is 9.88 Å². The highest BCUT2D eigenvalue weighted by molar-refractivity contribution is 7.89. The van der Waals surface area contributed by atoms with Gasteiger partial charge >= 0.3 is 0 Å². The summed E-state index contributed by atoms with van der Waals surface area (Å²) in [5.41, 5.74) is 1.55. The molecule has 1 amide bonds. The number of ketones is 1. The average molecular weight is 446 g/mol. The molecule has 1 N–H and O–H groups in total. The highest BCUT2D eigenvalue weighted by Crippen LogP contribution is 2.28. The number of H-pyrrole nitrogens is 1. The number of fused-ring (bicyclic) bond motifs is 1. The summed E-state index contributed by atoms with van der Waals surface area (Å²) in [6, 6.07) is 13.3. The first-order chi connectivity index (χ1) is 14.3. The van der Waals surface area contributed by atoms with Crippen LogP contribution in [0.25, 0.3) is 10.9 Å². The number of aromatic amines is 1. The number of Topliss-reactive ketones (excluding diaryl/α,β-unsaturated/α-hetero) is 1. The van der Waals surface area contributed by atoms with Crippen molar-refractivity contribution < 1.29 is 18.0 Å². The van der Waals surface area contributed by atoms with Crippen molar-refractivity contribution in [3.05, 3.63) is 64.8 Å². The van der Waals surface area contributed by atoms with Gasteiger partial charge in [0.25, 0.3) is 5.91 Å². The van der Waals surface area contributed by atoms with Crippen LogP contribution < -0.4 is 0 Å². The number of benzene rings is 2. The van der Waals surface area contributed by atoms with Gasteiger partial charge in [0, 0.05) is 42.6 Å². The van der Waals surface area contributed by atoms with Crippen LogP contribution in [0.15, 0.2) is 53.4 Å². The van der Waals surface area contributed by atoms with E-state index in [9.17, 15) is 18.0 Å². The van der Waals surface area contributed by atoms with E-state index in [2.05, 4.69) is 4.98 Å². The third-order valence-electron chi connectivity index (χ3n) is 5.28. The molecule has 1 aliphatic heterocycles. The lowest BCUT2D eigenvalue weighted by atomic mass is 10.2. The average Bonchev–Trinajstić information content (AvgIpc) is 3.10. The Kier molecular flexibility index (Phi) is 5.40. The molecule has 2 heterocycles. The van der Waals surface area contributed by atoms with Crippen LogP contribution in [0, 0.1) is 0 Å². The van der Waals surface area contributed by atoms with Crippen molar-refractivity contribution in [2.45, 2.75) is 11.8 Å². The summed E-state index contributed by atoms with van der Waals surface area (Å²) in [6.07, 6.45) is 0. The first-order valence-corrected chi connectivity index (χ1v) is 11.3. The summed E-state index contributed by atoms with van der Waals surface area (Å²) >= 11 is 6.38. The SMILES string of the molecule is CC(=O)c1ccc(S(=O)(=O)N2CCN(C(=O)c3[nH]c4ccccc4c3Cl)CC2)cc1. The molecule has 0 unspecified atom stereocenters. The maximum atomic E-state index is 12.9. The summed E-state index contributed by atoms with van der Waals surface area (Å²) in [6.45, 7) is 2.31. The Morgan fingerprint density at radius 1 is 0.967 bits per heavy atom. The molecule has 7 nitrogen and oxygen atoms in total. The third kappa shape index (κ3) is 3.62. The minimum atomic E-state index is -3.70. The number of carbonyl (C=O) groups is 2. The number of hydrogen-bond donors (Lipinski definition) is 1.